The molecule has 0 bridgehead atoms. The molecule has 0 radical (unpaired) electrons. The number of hydrogen-bond donors (Lipinski definition) is 2. The molecule has 10 heteroatoms. The number of nitrogens with zero attached hydrogens (tertiary/aromatic N) is 3. The Morgan fingerprint density at radius 2 is 1.84 bits per heavy atom. The molecule has 2 heterocycles. The number of carbonyl (C=O) groups is 1. The Labute approximate surface area is 150 Å². The van der Waals surface area contributed by atoms with Gasteiger partial charge in [-0.1, -0.05) is 0 Å². The molecule has 0 aliphatic carbocycles. The van der Waals surface area contributed by atoms with Crippen molar-refractivity contribution in [3.63, 3.8) is 0 Å². The van der Waals surface area contributed by atoms with E-state index in [-0.39, 0.29) is 30.0 Å². The fourth-order valence-electron chi connectivity index (χ4n) is 2.60. The average Bonchev–Trinajstić information content (AvgIpc) is 2.65. The van der Waals surface area contributed by atoms with Crippen molar-refractivity contribution < 1.29 is 19.0 Å². The lowest BCUT2D eigenvalue weighted by atomic mass is 10.1. The van der Waals surface area contributed by atoms with Crippen LogP contribution in [0.25, 0.3) is 10.9 Å². The van der Waals surface area contributed by atoms with Crippen molar-refractivity contribution in [3.8, 4) is 11.5 Å². The Balaban J connectivity index is 0.00000225. The number of amides is 1. The zero-order valence-corrected chi connectivity index (χ0v) is 14.8. The van der Waals surface area contributed by atoms with E-state index < -0.39 is 0 Å². The van der Waals surface area contributed by atoms with Crippen molar-refractivity contribution in [1.82, 2.24) is 14.9 Å². The summed E-state index contributed by atoms with van der Waals surface area (Å²) in [7, 11) is 3.07. The van der Waals surface area contributed by atoms with Gasteiger partial charge in [0.2, 0.25) is 5.95 Å². The van der Waals surface area contributed by atoms with Gasteiger partial charge in [-0.25, -0.2) is 15.8 Å². The number of rotatable bonds is 4. The molecule has 9 nitrogen and oxygen atoms in total. The number of aromatic nitrogens is 2. The third-order valence-corrected chi connectivity index (χ3v) is 3.83. The zero-order chi connectivity index (χ0) is 17.1. The van der Waals surface area contributed by atoms with Crippen LogP contribution in [0.15, 0.2) is 12.1 Å². The number of morpholine rings is 1. The van der Waals surface area contributed by atoms with Gasteiger partial charge < -0.3 is 19.1 Å². The Bertz CT molecular complexity index is 767. The minimum Gasteiger partial charge on any atom is -0.493 e. The molecular formula is C15H20ClN5O4. The first-order chi connectivity index (χ1) is 11.7. The van der Waals surface area contributed by atoms with Crippen LogP contribution in [-0.2, 0) is 4.74 Å². The summed E-state index contributed by atoms with van der Waals surface area (Å²) in [4.78, 5) is 23.1. The molecule has 0 spiro atoms. The number of hydrogen-bond acceptors (Lipinski definition) is 8. The molecule has 1 aliphatic heterocycles. The molecule has 1 aromatic heterocycles. The zero-order valence-electron chi connectivity index (χ0n) is 13.9. The average molecular weight is 370 g/mol. The SMILES string of the molecule is COc1cc2nc(NN)nc(C(=O)N3CCOCC3)c2cc1OC.Cl. The van der Waals surface area contributed by atoms with Gasteiger partial charge in [0.25, 0.3) is 5.91 Å². The van der Waals surface area contributed by atoms with E-state index in [1.807, 2.05) is 0 Å². The van der Waals surface area contributed by atoms with E-state index in [0.29, 0.717) is 48.7 Å². The predicted molar refractivity (Wildman–Crippen MR) is 94.4 cm³/mol. The monoisotopic (exact) mass is 369 g/mol. The second kappa shape index (κ2) is 8.15. The minimum absolute atomic E-state index is 0. The maximum atomic E-state index is 12.9. The van der Waals surface area contributed by atoms with E-state index in [1.54, 1.807) is 17.0 Å². The first kappa shape index (κ1) is 19.0. The molecular weight excluding hydrogens is 350 g/mol. The molecule has 3 rings (SSSR count). The number of benzene rings is 1. The molecule has 2 aromatic rings. The summed E-state index contributed by atoms with van der Waals surface area (Å²) < 4.78 is 15.9. The van der Waals surface area contributed by atoms with E-state index in [1.165, 1.54) is 14.2 Å². The molecule has 3 N–H and O–H groups in total. The highest BCUT2D eigenvalue weighted by molar-refractivity contribution is 6.05. The number of nitrogens with two attached hydrogens (primary N) is 1. The van der Waals surface area contributed by atoms with E-state index >= 15 is 0 Å². The van der Waals surface area contributed by atoms with E-state index in [9.17, 15) is 4.79 Å². The largest absolute Gasteiger partial charge is 0.493 e. The highest BCUT2D eigenvalue weighted by Crippen LogP contribution is 2.33. The molecule has 1 aromatic carbocycles. The topological polar surface area (TPSA) is 112 Å². The minimum atomic E-state index is -0.200. The number of anilines is 1. The summed E-state index contributed by atoms with van der Waals surface area (Å²) in [6.07, 6.45) is 0. The summed E-state index contributed by atoms with van der Waals surface area (Å²) in [5, 5.41) is 0.572. The van der Waals surface area contributed by atoms with E-state index in [4.69, 9.17) is 20.1 Å². The maximum Gasteiger partial charge on any atom is 0.273 e. The smallest absolute Gasteiger partial charge is 0.273 e. The number of nitrogens with one attached hydrogen (secondary N) is 1. The number of methoxy groups -OCH3 is 2. The lowest BCUT2D eigenvalue weighted by Crippen LogP contribution is -2.41. The van der Waals surface area contributed by atoms with Gasteiger partial charge in [0.15, 0.2) is 11.5 Å². The number of ether oxygens (including phenoxy) is 3. The number of hydrazine groups is 1. The fraction of sp³-hybridized carbons (Fsp3) is 0.400. The van der Waals surface area contributed by atoms with Gasteiger partial charge in [-0.05, 0) is 6.07 Å². The van der Waals surface area contributed by atoms with Crippen LogP contribution in [-0.4, -0.2) is 61.3 Å². The third-order valence-electron chi connectivity index (χ3n) is 3.83. The molecule has 1 saturated heterocycles. The Morgan fingerprint density at radius 3 is 2.44 bits per heavy atom. The van der Waals surface area contributed by atoms with Gasteiger partial charge >= 0.3 is 0 Å². The molecule has 136 valence electrons. The number of fused-ring (bicyclic) bond motifs is 1. The quantitative estimate of drug-likeness (QED) is 0.602. The number of carbonyl (C=O) groups excluding carboxylic acids is 1. The lowest BCUT2D eigenvalue weighted by molar-refractivity contribution is 0.0300. The second-order valence-corrected chi connectivity index (χ2v) is 5.17. The summed E-state index contributed by atoms with van der Waals surface area (Å²) in [5.74, 6) is 6.41. The normalized spacial score (nSPS) is 14.0. The van der Waals surface area contributed by atoms with Gasteiger partial charge in [0.1, 0.15) is 5.69 Å². The molecule has 0 atom stereocenters. The van der Waals surface area contributed by atoms with Gasteiger partial charge in [-0.2, -0.15) is 0 Å². The highest BCUT2D eigenvalue weighted by atomic mass is 35.5. The maximum absolute atomic E-state index is 12.9. The highest BCUT2D eigenvalue weighted by Gasteiger charge is 2.24. The second-order valence-electron chi connectivity index (χ2n) is 5.17. The van der Waals surface area contributed by atoms with Crippen LogP contribution in [0.3, 0.4) is 0 Å². The van der Waals surface area contributed by atoms with Crippen LogP contribution in [0.4, 0.5) is 5.95 Å². The van der Waals surface area contributed by atoms with Crippen molar-refractivity contribution in [2.45, 2.75) is 0 Å². The molecule has 0 saturated carbocycles. The Morgan fingerprint density at radius 1 is 1.20 bits per heavy atom. The fourth-order valence-corrected chi connectivity index (χ4v) is 2.60. The summed E-state index contributed by atoms with van der Waals surface area (Å²) in [6, 6.07) is 3.38. The van der Waals surface area contributed by atoms with Crippen molar-refractivity contribution in [1.29, 1.82) is 0 Å². The molecule has 1 aliphatic rings. The van der Waals surface area contributed by atoms with Gasteiger partial charge in [-0.3, -0.25) is 10.2 Å². The van der Waals surface area contributed by atoms with Crippen LogP contribution in [0, 0.1) is 0 Å². The first-order valence-electron chi connectivity index (χ1n) is 7.45. The van der Waals surface area contributed by atoms with Gasteiger partial charge in [0, 0.05) is 24.5 Å². The van der Waals surface area contributed by atoms with E-state index in [2.05, 4.69) is 15.4 Å². The van der Waals surface area contributed by atoms with Crippen LogP contribution in [0.2, 0.25) is 0 Å². The van der Waals surface area contributed by atoms with Crippen molar-refractivity contribution in [3.05, 3.63) is 17.8 Å². The summed E-state index contributed by atoms with van der Waals surface area (Å²) in [6.45, 7) is 2.05. The molecule has 25 heavy (non-hydrogen) atoms. The van der Waals surface area contributed by atoms with Crippen LogP contribution in [0.1, 0.15) is 10.5 Å². The van der Waals surface area contributed by atoms with Gasteiger partial charge in [-0.15, -0.1) is 12.4 Å². The van der Waals surface area contributed by atoms with E-state index in [0.717, 1.165) is 0 Å². The number of nitrogen functional groups attached to an aromatic ring is 1. The van der Waals surface area contributed by atoms with Gasteiger partial charge in [0.05, 0.1) is 33.0 Å². The lowest BCUT2D eigenvalue weighted by Gasteiger charge is -2.27. The standard InChI is InChI=1S/C15H19N5O4.ClH/c1-22-11-7-9-10(8-12(11)23-2)17-15(19-16)18-13(9)14(21)20-3-5-24-6-4-20;/h7-8H,3-6,16H2,1-2H3,(H,17,18,19);1H. The predicted octanol–water partition coefficient (Wildman–Crippen LogP) is 0.827. The number of halogens is 1. The van der Waals surface area contributed by atoms with Crippen molar-refractivity contribution >= 4 is 35.2 Å². The Hall–Kier alpha value is -2.36. The third kappa shape index (κ3) is 3.68. The van der Waals surface area contributed by atoms with Crippen molar-refractivity contribution in [2.24, 2.45) is 5.84 Å². The summed E-state index contributed by atoms with van der Waals surface area (Å²) >= 11 is 0. The molecule has 0 unspecified atom stereocenters. The van der Waals surface area contributed by atoms with Crippen LogP contribution in [0.5, 0.6) is 11.5 Å². The summed E-state index contributed by atoms with van der Waals surface area (Å²) in [5.41, 5.74) is 3.19. The first-order valence-corrected chi connectivity index (χ1v) is 7.45. The van der Waals surface area contributed by atoms with Crippen LogP contribution < -0.4 is 20.7 Å². The molecule has 1 amide bonds. The molecule has 1 fully saturated rings. The van der Waals surface area contributed by atoms with Crippen molar-refractivity contribution in [2.75, 3.05) is 45.9 Å². The van der Waals surface area contributed by atoms with Crippen LogP contribution >= 0.6 is 12.4 Å². The Kier molecular flexibility index (Phi) is 6.18.